The van der Waals surface area contributed by atoms with Crippen molar-refractivity contribution in [2.24, 2.45) is 4.99 Å². The summed E-state index contributed by atoms with van der Waals surface area (Å²) in [6.07, 6.45) is 1.68. The fraction of sp³-hybridized carbons (Fsp3) is 0.524. The molecule has 0 bridgehead atoms. The highest BCUT2D eigenvalue weighted by molar-refractivity contribution is 14.0. The third kappa shape index (κ3) is 5.34. The number of benzene rings is 1. The van der Waals surface area contributed by atoms with Crippen molar-refractivity contribution in [1.29, 1.82) is 0 Å². The highest BCUT2D eigenvalue weighted by Gasteiger charge is 2.24. The summed E-state index contributed by atoms with van der Waals surface area (Å²) in [7, 11) is 1.78. The first kappa shape index (κ1) is 23.3. The molecule has 1 aromatic heterocycles. The van der Waals surface area contributed by atoms with Gasteiger partial charge in [-0.25, -0.2) is 0 Å². The number of hydrogen-bond donors (Lipinski definition) is 2. The number of nitrogens with one attached hydrogen (secondary N) is 2. The molecule has 0 aliphatic carbocycles. The molecule has 0 atom stereocenters. The van der Waals surface area contributed by atoms with Crippen molar-refractivity contribution in [3.8, 4) is 11.5 Å². The van der Waals surface area contributed by atoms with Crippen molar-refractivity contribution in [3.05, 3.63) is 40.8 Å². The zero-order valence-corrected chi connectivity index (χ0v) is 20.1. The minimum absolute atomic E-state index is 0. The predicted molar refractivity (Wildman–Crippen MR) is 124 cm³/mol. The number of aromatic nitrogens is 1. The molecule has 2 heterocycles. The van der Waals surface area contributed by atoms with Gasteiger partial charge in [-0.3, -0.25) is 4.99 Å². The highest BCUT2D eigenvalue weighted by atomic mass is 127. The number of aliphatic imine (C=N–C) groups is 1. The third-order valence-corrected chi connectivity index (χ3v) is 5.12. The van der Waals surface area contributed by atoms with Crippen molar-refractivity contribution in [2.45, 2.75) is 52.5 Å². The Labute approximate surface area is 189 Å². The number of aryl methyl sites for hydroxylation is 2. The van der Waals surface area contributed by atoms with Gasteiger partial charge in [0.15, 0.2) is 17.5 Å². The Bertz CT molecular complexity index is 827. The summed E-state index contributed by atoms with van der Waals surface area (Å²) in [6, 6.07) is 6.11. The molecular formula is C21H31IN4O3. The molecule has 1 aliphatic rings. The zero-order valence-electron chi connectivity index (χ0n) is 17.8. The van der Waals surface area contributed by atoms with Crippen LogP contribution in [0.15, 0.2) is 27.7 Å². The van der Waals surface area contributed by atoms with Crippen LogP contribution < -0.4 is 20.1 Å². The maximum absolute atomic E-state index is 5.51. The number of fused-ring (bicyclic) bond motifs is 1. The first-order valence-electron chi connectivity index (χ1n) is 9.79. The van der Waals surface area contributed by atoms with Crippen molar-refractivity contribution in [2.75, 3.05) is 20.4 Å². The van der Waals surface area contributed by atoms with Gasteiger partial charge < -0.3 is 24.6 Å². The van der Waals surface area contributed by atoms with Gasteiger partial charge in [-0.05, 0) is 24.1 Å². The number of nitrogens with zero attached hydrogens (tertiary/aromatic N) is 2. The molecule has 29 heavy (non-hydrogen) atoms. The van der Waals surface area contributed by atoms with E-state index in [4.69, 9.17) is 14.0 Å². The first-order chi connectivity index (χ1) is 13.5. The standard InChI is InChI=1S/C21H30N4O3.HI/c1-6-16-15(17(7-2)28-25-16)11-23-20(22-5)24-12-21(3,4)14-8-9-18-19(10-14)27-13-26-18;/h8-10H,6-7,11-13H2,1-5H3,(H2,22,23,24);1H. The summed E-state index contributed by atoms with van der Waals surface area (Å²) in [5.74, 6) is 3.29. The number of rotatable bonds is 7. The zero-order chi connectivity index (χ0) is 20.1. The Hall–Kier alpha value is -1.97. The number of guanidine groups is 1. The van der Waals surface area contributed by atoms with Crippen LogP contribution in [0.4, 0.5) is 0 Å². The van der Waals surface area contributed by atoms with Crippen molar-refractivity contribution in [1.82, 2.24) is 15.8 Å². The molecule has 0 saturated carbocycles. The van der Waals surface area contributed by atoms with Crippen LogP contribution in [0.5, 0.6) is 11.5 Å². The van der Waals surface area contributed by atoms with Gasteiger partial charge in [-0.2, -0.15) is 0 Å². The quantitative estimate of drug-likeness (QED) is 0.333. The molecule has 0 radical (unpaired) electrons. The molecule has 2 aromatic rings. The van der Waals surface area contributed by atoms with Crippen LogP contribution in [0, 0.1) is 0 Å². The monoisotopic (exact) mass is 514 g/mol. The lowest BCUT2D eigenvalue weighted by atomic mass is 9.84. The molecule has 0 amide bonds. The van der Waals surface area contributed by atoms with E-state index in [1.165, 1.54) is 5.56 Å². The van der Waals surface area contributed by atoms with Crippen LogP contribution in [0.25, 0.3) is 0 Å². The maximum atomic E-state index is 5.51. The summed E-state index contributed by atoms with van der Waals surface area (Å²) in [5, 5.41) is 11.0. The van der Waals surface area contributed by atoms with E-state index in [1.54, 1.807) is 7.05 Å². The van der Waals surface area contributed by atoms with Crippen LogP contribution in [-0.2, 0) is 24.8 Å². The molecular weight excluding hydrogens is 483 g/mol. The van der Waals surface area contributed by atoms with Crippen molar-refractivity contribution >= 4 is 29.9 Å². The maximum Gasteiger partial charge on any atom is 0.231 e. The number of halogens is 1. The summed E-state index contributed by atoms with van der Waals surface area (Å²) in [5.41, 5.74) is 3.20. The molecule has 1 aliphatic heterocycles. The van der Waals surface area contributed by atoms with E-state index in [0.29, 0.717) is 6.54 Å². The minimum Gasteiger partial charge on any atom is -0.454 e. The van der Waals surface area contributed by atoms with E-state index in [9.17, 15) is 0 Å². The summed E-state index contributed by atoms with van der Waals surface area (Å²) < 4.78 is 16.4. The molecule has 0 fully saturated rings. The van der Waals surface area contributed by atoms with E-state index in [0.717, 1.165) is 53.9 Å². The second-order valence-electron chi connectivity index (χ2n) is 7.47. The molecule has 2 N–H and O–H groups in total. The van der Waals surface area contributed by atoms with Gasteiger partial charge in [-0.15, -0.1) is 24.0 Å². The Balaban J connectivity index is 0.00000300. The summed E-state index contributed by atoms with van der Waals surface area (Å²) in [4.78, 5) is 4.35. The van der Waals surface area contributed by atoms with E-state index in [-0.39, 0.29) is 36.2 Å². The van der Waals surface area contributed by atoms with Crippen LogP contribution in [0.1, 0.15) is 50.3 Å². The van der Waals surface area contributed by atoms with Gasteiger partial charge in [0, 0.05) is 37.5 Å². The lowest BCUT2D eigenvalue weighted by Gasteiger charge is -2.27. The van der Waals surface area contributed by atoms with E-state index in [2.05, 4.69) is 60.6 Å². The largest absolute Gasteiger partial charge is 0.454 e. The van der Waals surface area contributed by atoms with Gasteiger partial charge in [0.25, 0.3) is 0 Å². The lowest BCUT2D eigenvalue weighted by molar-refractivity contribution is 0.174. The van der Waals surface area contributed by atoms with Crippen LogP contribution in [0.2, 0.25) is 0 Å². The number of hydrogen-bond acceptors (Lipinski definition) is 5. The van der Waals surface area contributed by atoms with Crippen LogP contribution in [-0.4, -0.2) is 31.5 Å². The Kier molecular flexibility index (Phi) is 8.18. The normalized spacial score (nSPS) is 13.2. The lowest BCUT2D eigenvalue weighted by Crippen LogP contribution is -2.43. The predicted octanol–water partition coefficient (Wildman–Crippen LogP) is 3.79. The number of ether oxygens (including phenoxy) is 2. The molecule has 1 aromatic carbocycles. The fourth-order valence-corrected chi connectivity index (χ4v) is 3.25. The van der Waals surface area contributed by atoms with E-state index >= 15 is 0 Å². The molecule has 0 spiro atoms. The highest BCUT2D eigenvalue weighted by Crippen LogP contribution is 2.36. The fourth-order valence-electron chi connectivity index (χ4n) is 3.25. The van der Waals surface area contributed by atoms with Crippen molar-refractivity contribution < 1.29 is 14.0 Å². The van der Waals surface area contributed by atoms with E-state index in [1.807, 2.05) is 6.07 Å². The Morgan fingerprint density at radius 2 is 1.90 bits per heavy atom. The third-order valence-electron chi connectivity index (χ3n) is 5.12. The average Bonchev–Trinajstić information content (AvgIpc) is 3.33. The Morgan fingerprint density at radius 1 is 1.14 bits per heavy atom. The van der Waals surface area contributed by atoms with Crippen molar-refractivity contribution in [3.63, 3.8) is 0 Å². The summed E-state index contributed by atoms with van der Waals surface area (Å²) >= 11 is 0. The second-order valence-corrected chi connectivity index (χ2v) is 7.47. The van der Waals surface area contributed by atoms with Gasteiger partial charge in [-0.1, -0.05) is 38.9 Å². The van der Waals surface area contributed by atoms with Gasteiger partial charge in [0.05, 0.1) is 5.69 Å². The van der Waals surface area contributed by atoms with E-state index < -0.39 is 0 Å². The molecule has 0 unspecified atom stereocenters. The smallest absolute Gasteiger partial charge is 0.231 e. The van der Waals surface area contributed by atoms with Crippen LogP contribution >= 0.6 is 24.0 Å². The average molecular weight is 514 g/mol. The molecule has 8 heteroatoms. The topological polar surface area (TPSA) is 80.9 Å². The first-order valence-corrected chi connectivity index (χ1v) is 9.79. The molecule has 3 rings (SSSR count). The molecule has 7 nitrogen and oxygen atoms in total. The summed E-state index contributed by atoms with van der Waals surface area (Å²) in [6.45, 7) is 10.2. The minimum atomic E-state index is -0.112. The van der Waals surface area contributed by atoms with Gasteiger partial charge >= 0.3 is 0 Å². The molecule has 160 valence electrons. The van der Waals surface area contributed by atoms with Gasteiger partial charge in [0.1, 0.15) is 5.76 Å². The molecule has 0 saturated heterocycles. The SMILES string of the molecule is CCc1noc(CC)c1CNC(=NC)NCC(C)(C)c1ccc2c(c1)OCO2.I. The Morgan fingerprint density at radius 3 is 2.59 bits per heavy atom. The second kappa shape index (κ2) is 10.2. The van der Waals surface area contributed by atoms with Gasteiger partial charge in [0.2, 0.25) is 6.79 Å². The van der Waals surface area contributed by atoms with Crippen LogP contribution in [0.3, 0.4) is 0 Å².